The molecule has 1 aromatic rings. The van der Waals surface area contributed by atoms with Gasteiger partial charge in [-0.15, -0.1) is 11.3 Å². The standard InChI is InChI=1S/C18H29N3O2S2/c1-5-9-21-10-7-13(8-11-21)19-18(24)20-16-15(17(22)23-4)14(6-2)12(3)25-16/h13H,5-11H2,1-4H3,(H2,19,20,24). The number of aryl methyl sites for hydroxylation is 1. The van der Waals surface area contributed by atoms with E-state index >= 15 is 0 Å². The van der Waals surface area contributed by atoms with Crippen LogP contribution in [0, 0.1) is 6.92 Å². The van der Waals surface area contributed by atoms with E-state index in [2.05, 4.69) is 22.5 Å². The number of methoxy groups -OCH3 is 1. The number of likely N-dealkylation sites (tertiary alicyclic amines) is 1. The first-order chi connectivity index (χ1) is 12.0. The highest BCUT2D eigenvalue weighted by molar-refractivity contribution is 7.80. The van der Waals surface area contributed by atoms with Crippen LogP contribution < -0.4 is 10.6 Å². The number of piperidine rings is 1. The van der Waals surface area contributed by atoms with Gasteiger partial charge in [-0.1, -0.05) is 13.8 Å². The first-order valence-corrected chi connectivity index (χ1v) is 10.2. The monoisotopic (exact) mass is 383 g/mol. The molecule has 25 heavy (non-hydrogen) atoms. The fraction of sp³-hybridized carbons (Fsp3) is 0.667. The van der Waals surface area contributed by atoms with Gasteiger partial charge in [-0.05, 0) is 56.9 Å². The summed E-state index contributed by atoms with van der Waals surface area (Å²) >= 11 is 7.05. The third-order valence-electron chi connectivity index (χ3n) is 4.64. The summed E-state index contributed by atoms with van der Waals surface area (Å²) in [6, 6.07) is 0.390. The number of ether oxygens (including phenoxy) is 1. The third kappa shape index (κ3) is 5.15. The van der Waals surface area contributed by atoms with Crippen molar-refractivity contribution in [2.45, 2.75) is 52.5 Å². The molecule has 2 N–H and O–H groups in total. The summed E-state index contributed by atoms with van der Waals surface area (Å²) in [5.74, 6) is -0.306. The summed E-state index contributed by atoms with van der Waals surface area (Å²) in [5.41, 5.74) is 1.66. The number of carbonyl (C=O) groups excluding carboxylic acids is 1. The van der Waals surface area contributed by atoms with E-state index in [1.165, 1.54) is 20.1 Å². The topological polar surface area (TPSA) is 53.6 Å². The number of hydrogen-bond acceptors (Lipinski definition) is 5. The van der Waals surface area contributed by atoms with Crippen molar-refractivity contribution in [3.63, 3.8) is 0 Å². The second kappa shape index (κ2) is 9.50. The first kappa shape index (κ1) is 20.1. The predicted octanol–water partition coefficient (Wildman–Crippen LogP) is 3.57. The lowest BCUT2D eigenvalue weighted by Gasteiger charge is -2.32. The number of hydrogen-bond donors (Lipinski definition) is 2. The molecule has 0 bridgehead atoms. The van der Waals surface area contributed by atoms with Gasteiger partial charge >= 0.3 is 5.97 Å². The zero-order valence-electron chi connectivity index (χ0n) is 15.6. The summed E-state index contributed by atoms with van der Waals surface area (Å²) in [7, 11) is 1.42. The number of carbonyl (C=O) groups is 1. The Balaban J connectivity index is 1.98. The fourth-order valence-electron chi connectivity index (χ4n) is 3.35. The van der Waals surface area contributed by atoms with E-state index < -0.39 is 0 Å². The molecule has 1 aromatic heterocycles. The van der Waals surface area contributed by atoms with Crippen LogP contribution in [0.1, 0.15) is 53.9 Å². The van der Waals surface area contributed by atoms with Crippen molar-refractivity contribution < 1.29 is 9.53 Å². The van der Waals surface area contributed by atoms with Gasteiger partial charge in [-0.2, -0.15) is 0 Å². The number of nitrogens with zero attached hydrogens (tertiary/aromatic N) is 1. The minimum absolute atomic E-state index is 0.306. The number of thiocarbonyl (C=S) groups is 1. The molecule has 1 aliphatic heterocycles. The average molecular weight is 384 g/mol. The number of thiophene rings is 1. The molecule has 7 heteroatoms. The lowest BCUT2D eigenvalue weighted by Crippen LogP contribution is -2.46. The molecule has 0 spiro atoms. The van der Waals surface area contributed by atoms with Gasteiger partial charge in [-0.25, -0.2) is 4.79 Å². The highest BCUT2D eigenvalue weighted by atomic mass is 32.1. The SMILES string of the molecule is CCCN1CCC(NC(=S)Nc2sc(C)c(CC)c2C(=O)OC)CC1. The Labute approximate surface area is 160 Å². The second-order valence-corrected chi connectivity index (χ2v) is 8.03. The molecular weight excluding hydrogens is 354 g/mol. The molecule has 0 radical (unpaired) electrons. The Morgan fingerprint density at radius 2 is 2.04 bits per heavy atom. The van der Waals surface area contributed by atoms with Crippen molar-refractivity contribution >= 4 is 39.6 Å². The number of rotatable bonds is 6. The lowest BCUT2D eigenvalue weighted by molar-refractivity contribution is 0.0601. The Hall–Kier alpha value is -1.18. The molecule has 0 aliphatic carbocycles. The molecule has 0 aromatic carbocycles. The van der Waals surface area contributed by atoms with E-state index in [9.17, 15) is 4.79 Å². The molecule has 2 heterocycles. The van der Waals surface area contributed by atoms with Crippen molar-refractivity contribution in [2.24, 2.45) is 0 Å². The van der Waals surface area contributed by atoms with Gasteiger partial charge in [0, 0.05) is 24.0 Å². The molecule has 0 amide bonds. The van der Waals surface area contributed by atoms with Crippen LogP contribution in [-0.4, -0.2) is 48.8 Å². The Morgan fingerprint density at radius 3 is 2.60 bits per heavy atom. The molecule has 0 atom stereocenters. The molecule has 140 valence electrons. The van der Waals surface area contributed by atoms with E-state index in [-0.39, 0.29) is 5.97 Å². The van der Waals surface area contributed by atoms with E-state index in [1.54, 1.807) is 11.3 Å². The molecular formula is C18H29N3O2S2. The third-order valence-corrected chi connectivity index (χ3v) is 5.92. The minimum Gasteiger partial charge on any atom is -0.465 e. The van der Waals surface area contributed by atoms with Crippen molar-refractivity contribution in [1.82, 2.24) is 10.2 Å². The normalized spacial score (nSPS) is 15.8. The van der Waals surface area contributed by atoms with Gasteiger partial charge < -0.3 is 20.3 Å². The van der Waals surface area contributed by atoms with Crippen LogP contribution in [0.2, 0.25) is 0 Å². The molecule has 5 nitrogen and oxygen atoms in total. The summed E-state index contributed by atoms with van der Waals surface area (Å²) in [5, 5.41) is 8.00. The van der Waals surface area contributed by atoms with Crippen LogP contribution in [0.4, 0.5) is 5.00 Å². The summed E-state index contributed by atoms with van der Waals surface area (Å²) < 4.78 is 4.96. The predicted molar refractivity (Wildman–Crippen MR) is 109 cm³/mol. The maximum Gasteiger partial charge on any atom is 0.341 e. The maximum absolute atomic E-state index is 12.2. The largest absolute Gasteiger partial charge is 0.465 e. The summed E-state index contributed by atoms with van der Waals surface area (Å²) in [6.07, 6.45) is 4.18. The van der Waals surface area contributed by atoms with E-state index in [1.807, 2.05) is 13.8 Å². The highest BCUT2D eigenvalue weighted by Gasteiger charge is 2.23. The average Bonchev–Trinajstić information content (AvgIpc) is 2.91. The Kier molecular flexibility index (Phi) is 7.65. The Bertz CT molecular complexity index is 608. The van der Waals surface area contributed by atoms with E-state index in [0.717, 1.165) is 47.8 Å². The Morgan fingerprint density at radius 1 is 1.36 bits per heavy atom. The van der Waals surface area contributed by atoms with Gasteiger partial charge in [0.15, 0.2) is 5.11 Å². The van der Waals surface area contributed by atoms with Gasteiger partial charge in [0.2, 0.25) is 0 Å². The van der Waals surface area contributed by atoms with Crippen LogP contribution >= 0.6 is 23.6 Å². The molecule has 2 rings (SSSR count). The van der Waals surface area contributed by atoms with E-state index in [4.69, 9.17) is 17.0 Å². The van der Waals surface area contributed by atoms with Crippen molar-refractivity contribution in [3.05, 3.63) is 16.0 Å². The fourth-order valence-corrected chi connectivity index (χ4v) is 4.82. The number of anilines is 1. The maximum atomic E-state index is 12.2. The second-order valence-electron chi connectivity index (χ2n) is 6.40. The number of nitrogens with one attached hydrogen (secondary N) is 2. The van der Waals surface area contributed by atoms with Gasteiger partial charge in [0.05, 0.1) is 12.7 Å². The van der Waals surface area contributed by atoms with Crippen LogP contribution in [0.15, 0.2) is 0 Å². The van der Waals surface area contributed by atoms with Crippen LogP contribution in [0.3, 0.4) is 0 Å². The summed E-state index contributed by atoms with van der Waals surface area (Å²) in [4.78, 5) is 15.8. The van der Waals surface area contributed by atoms with Gasteiger partial charge in [0.1, 0.15) is 5.00 Å². The first-order valence-electron chi connectivity index (χ1n) is 9.00. The molecule has 0 saturated carbocycles. The van der Waals surface area contributed by atoms with Crippen molar-refractivity contribution in [3.8, 4) is 0 Å². The molecule has 1 saturated heterocycles. The molecule has 1 fully saturated rings. The zero-order valence-corrected chi connectivity index (χ0v) is 17.2. The molecule has 0 unspecified atom stereocenters. The smallest absolute Gasteiger partial charge is 0.341 e. The summed E-state index contributed by atoms with van der Waals surface area (Å²) in [6.45, 7) is 9.69. The van der Waals surface area contributed by atoms with E-state index in [0.29, 0.717) is 16.7 Å². The quantitative estimate of drug-likeness (QED) is 0.579. The molecule has 1 aliphatic rings. The van der Waals surface area contributed by atoms with Crippen LogP contribution in [0.5, 0.6) is 0 Å². The van der Waals surface area contributed by atoms with Gasteiger partial charge in [0.25, 0.3) is 0 Å². The van der Waals surface area contributed by atoms with Gasteiger partial charge in [-0.3, -0.25) is 0 Å². The van der Waals surface area contributed by atoms with Crippen molar-refractivity contribution in [1.29, 1.82) is 0 Å². The van der Waals surface area contributed by atoms with Crippen LogP contribution in [-0.2, 0) is 11.2 Å². The zero-order chi connectivity index (χ0) is 18.4. The lowest BCUT2D eigenvalue weighted by atomic mass is 10.1. The number of esters is 1. The minimum atomic E-state index is -0.306. The van der Waals surface area contributed by atoms with Crippen molar-refractivity contribution in [2.75, 3.05) is 32.1 Å². The van der Waals surface area contributed by atoms with Crippen LogP contribution in [0.25, 0.3) is 0 Å². The highest BCUT2D eigenvalue weighted by Crippen LogP contribution is 2.34.